The van der Waals surface area contributed by atoms with Crippen LogP contribution in [0, 0.1) is 5.41 Å². The number of aliphatic imine (C=N–C) groups is 2. The molecule has 10 aromatic rings. The maximum Gasteiger partial charge on any atom is 0.162 e. The number of benzene rings is 8. The molecular formula is C49H33N5. The number of hydrogen-bond acceptors (Lipinski definition) is 1. The summed E-state index contributed by atoms with van der Waals surface area (Å²) in [5, 5.41) is 15.9. The summed E-state index contributed by atoms with van der Waals surface area (Å²) < 4.78 is 4.78. The van der Waals surface area contributed by atoms with Gasteiger partial charge in [-0.15, -0.1) is 0 Å². The van der Waals surface area contributed by atoms with Crippen LogP contribution in [-0.2, 0) is 0 Å². The van der Waals surface area contributed by atoms with Crippen molar-refractivity contribution in [3.63, 3.8) is 0 Å². The van der Waals surface area contributed by atoms with Gasteiger partial charge in [-0.3, -0.25) is 5.41 Å². The summed E-state index contributed by atoms with van der Waals surface area (Å²) in [4.78, 5) is 9.80. The molecule has 0 bridgehead atoms. The highest BCUT2D eigenvalue weighted by molar-refractivity contribution is 6.21. The molecule has 0 unspecified atom stereocenters. The second-order valence-electron chi connectivity index (χ2n) is 13.4. The van der Waals surface area contributed by atoms with Gasteiger partial charge in [0.2, 0.25) is 0 Å². The van der Waals surface area contributed by atoms with Crippen molar-refractivity contribution >= 4 is 72.3 Å². The summed E-state index contributed by atoms with van der Waals surface area (Å²) in [6.45, 7) is 0. The Morgan fingerprint density at radius 2 is 1.00 bits per heavy atom. The van der Waals surface area contributed by atoms with Gasteiger partial charge in [-0.2, -0.15) is 0 Å². The quantitative estimate of drug-likeness (QED) is 0.138. The molecule has 0 saturated heterocycles. The van der Waals surface area contributed by atoms with Crippen LogP contribution < -0.4 is 0 Å². The molecule has 0 atom stereocenters. The van der Waals surface area contributed by atoms with Crippen LogP contribution in [0.15, 0.2) is 198 Å². The number of rotatable bonds is 5. The Hall–Kier alpha value is -7.37. The standard InChI is InChI=1S/C49H33N5/c50-48(34-18-6-2-7-19-34)52-49(51-32-33-16-4-1-5-17-33)40-26-14-25-37-36(40)24-15-29-45(37)54-44-28-13-11-23-39(44)42-30-41-38-22-10-12-27-43(38)53(46(41)31-47(42)54)35-20-8-3-9-21-35/h1-32,50H. The fourth-order valence-electron chi connectivity index (χ4n) is 7.83. The fourth-order valence-corrected chi connectivity index (χ4v) is 7.83. The molecule has 0 aliphatic rings. The molecule has 5 nitrogen and oxygen atoms in total. The SMILES string of the molecule is N=C(N=C(N=Cc1ccccc1)c1cccc2c(-n3c4ccccc4c4cc5c6ccccc6n(-c6ccccc6)c5cc43)cccc12)c1ccccc1. The fraction of sp³-hybridized carbons (Fsp3) is 0. The van der Waals surface area contributed by atoms with Gasteiger partial charge in [0.25, 0.3) is 0 Å². The van der Waals surface area contributed by atoms with Crippen LogP contribution in [0.3, 0.4) is 0 Å². The molecule has 54 heavy (non-hydrogen) atoms. The van der Waals surface area contributed by atoms with Crippen molar-refractivity contribution in [2.24, 2.45) is 9.98 Å². The summed E-state index contributed by atoms with van der Waals surface area (Å²) in [6, 6.07) is 65.1. The van der Waals surface area contributed by atoms with Gasteiger partial charge < -0.3 is 9.13 Å². The van der Waals surface area contributed by atoms with Crippen molar-refractivity contribution in [3.05, 3.63) is 205 Å². The molecule has 0 radical (unpaired) electrons. The first-order valence-electron chi connectivity index (χ1n) is 18.1. The largest absolute Gasteiger partial charge is 0.309 e. The van der Waals surface area contributed by atoms with Crippen molar-refractivity contribution < 1.29 is 0 Å². The third kappa shape index (κ3) is 5.22. The number of amidine groups is 2. The first kappa shape index (κ1) is 31.4. The van der Waals surface area contributed by atoms with Crippen molar-refractivity contribution in [1.82, 2.24) is 9.13 Å². The van der Waals surface area contributed by atoms with Crippen molar-refractivity contribution in [1.29, 1.82) is 5.41 Å². The van der Waals surface area contributed by atoms with E-state index in [1.807, 2.05) is 66.9 Å². The number of aromatic nitrogens is 2. The van der Waals surface area contributed by atoms with Crippen LogP contribution in [0.4, 0.5) is 0 Å². The molecule has 0 saturated carbocycles. The van der Waals surface area contributed by atoms with E-state index in [0.29, 0.717) is 5.84 Å². The van der Waals surface area contributed by atoms with Crippen LogP contribution in [0.1, 0.15) is 16.7 Å². The highest BCUT2D eigenvalue weighted by atomic mass is 15.0. The maximum atomic E-state index is 8.96. The average molecular weight is 692 g/mol. The number of nitrogens with zero attached hydrogens (tertiary/aromatic N) is 4. The van der Waals surface area contributed by atoms with Crippen LogP contribution in [0.5, 0.6) is 0 Å². The van der Waals surface area contributed by atoms with E-state index in [2.05, 4.69) is 137 Å². The molecule has 254 valence electrons. The third-order valence-corrected chi connectivity index (χ3v) is 10.3. The second-order valence-corrected chi connectivity index (χ2v) is 13.4. The van der Waals surface area contributed by atoms with Gasteiger partial charge in [-0.1, -0.05) is 146 Å². The molecule has 0 amide bonds. The summed E-state index contributed by atoms with van der Waals surface area (Å²) in [5.41, 5.74) is 9.34. The summed E-state index contributed by atoms with van der Waals surface area (Å²) >= 11 is 0. The normalized spacial score (nSPS) is 12.2. The lowest BCUT2D eigenvalue weighted by molar-refractivity contribution is 1.17. The van der Waals surface area contributed by atoms with Crippen LogP contribution in [-0.4, -0.2) is 27.0 Å². The van der Waals surface area contributed by atoms with Gasteiger partial charge in [0.05, 0.1) is 27.8 Å². The van der Waals surface area contributed by atoms with E-state index in [4.69, 9.17) is 15.4 Å². The maximum absolute atomic E-state index is 8.96. The molecule has 5 heteroatoms. The predicted octanol–water partition coefficient (Wildman–Crippen LogP) is 11.9. The zero-order valence-corrected chi connectivity index (χ0v) is 29.3. The van der Waals surface area contributed by atoms with E-state index in [-0.39, 0.29) is 5.84 Å². The summed E-state index contributed by atoms with van der Waals surface area (Å²) in [5.74, 6) is 0.635. The van der Waals surface area contributed by atoms with E-state index >= 15 is 0 Å². The van der Waals surface area contributed by atoms with Gasteiger partial charge >= 0.3 is 0 Å². The van der Waals surface area contributed by atoms with Crippen molar-refractivity contribution in [3.8, 4) is 11.4 Å². The van der Waals surface area contributed by atoms with Crippen LogP contribution in [0.25, 0.3) is 65.8 Å². The minimum Gasteiger partial charge on any atom is -0.309 e. The lowest BCUT2D eigenvalue weighted by Gasteiger charge is -2.14. The molecule has 1 N–H and O–H groups in total. The molecule has 0 aliphatic heterocycles. The number of nitrogens with one attached hydrogen (secondary N) is 1. The monoisotopic (exact) mass is 691 g/mol. The molecule has 0 fully saturated rings. The van der Waals surface area contributed by atoms with Gasteiger partial charge in [-0.25, -0.2) is 9.98 Å². The smallest absolute Gasteiger partial charge is 0.162 e. The topological polar surface area (TPSA) is 58.4 Å². The van der Waals surface area contributed by atoms with Gasteiger partial charge in [0, 0.05) is 50.0 Å². The zero-order valence-electron chi connectivity index (χ0n) is 29.3. The van der Waals surface area contributed by atoms with Gasteiger partial charge in [0.1, 0.15) is 0 Å². The van der Waals surface area contributed by atoms with Crippen molar-refractivity contribution in [2.45, 2.75) is 0 Å². The molecular weight excluding hydrogens is 659 g/mol. The van der Waals surface area contributed by atoms with E-state index in [1.165, 1.54) is 27.1 Å². The van der Waals surface area contributed by atoms with Gasteiger partial charge in [0.15, 0.2) is 11.7 Å². The van der Waals surface area contributed by atoms with E-state index < -0.39 is 0 Å². The number of para-hydroxylation sites is 3. The first-order chi connectivity index (χ1) is 26.7. The first-order valence-corrected chi connectivity index (χ1v) is 18.1. The highest BCUT2D eigenvalue weighted by Gasteiger charge is 2.20. The molecule has 8 aromatic carbocycles. The average Bonchev–Trinajstić information content (AvgIpc) is 3.74. The Balaban J connectivity index is 1.23. The van der Waals surface area contributed by atoms with E-state index in [1.54, 1.807) is 0 Å². The highest BCUT2D eigenvalue weighted by Crippen LogP contribution is 2.40. The Kier molecular flexibility index (Phi) is 7.55. The van der Waals surface area contributed by atoms with Crippen LogP contribution in [0.2, 0.25) is 0 Å². The number of fused-ring (bicyclic) bond motifs is 7. The summed E-state index contributed by atoms with van der Waals surface area (Å²) in [6.07, 6.45) is 1.82. The molecule has 2 heterocycles. The van der Waals surface area contributed by atoms with Gasteiger partial charge in [-0.05, 0) is 53.4 Å². The predicted molar refractivity (Wildman–Crippen MR) is 226 cm³/mol. The molecule has 0 spiro atoms. The lowest BCUT2D eigenvalue weighted by atomic mass is 10.0. The second kappa shape index (κ2) is 13.0. The molecule has 0 aliphatic carbocycles. The van der Waals surface area contributed by atoms with Crippen molar-refractivity contribution in [2.75, 3.05) is 0 Å². The molecule has 2 aromatic heterocycles. The molecule has 10 rings (SSSR count). The van der Waals surface area contributed by atoms with Crippen LogP contribution >= 0.6 is 0 Å². The lowest BCUT2D eigenvalue weighted by Crippen LogP contribution is -2.06. The van der Waals surface area contributed by atoms with E-state index in [0.717, 1.165) is 55.4 Å². The Morgan fingerprint density at radius 3 is 1.72 bits per heavy atom. The Bertz CT molecular complexity index is 3100. The Morgan fingerprint density at radius 1 is 0.444 bits per heavy atom. The minimum atomic E-state index is 0.157. The third-order valence-electron chi connectivity index (χ3n) is 10.3. The number of hydrogen-bond donors (Lipinski definition) is 1. The van der Waals surface area contributed by atoms with E-state index in [9.17, 15) is 0 Å². The Labute approximate surface area is 311 Å². The minimum absolute atomic E-state index is 0.157. The zero-order chi connectivity index (χ0) is 36.0. The summed E-state index contributed by atoms with van der Waals surface area (Å²) in [7, 11) is 0.